The summed E-state index contributed by atoms with van der Waals surface area (Å²) >= 11 is 0. The molecule has 1 saturated heterocycles. The molecule has 1 fully saturated rings. The van der Waals surface area contributed by atoms with Crippen LogP contribution in [-0.4, -0.2) is 37.4 Å². The van der Waals surface area contributed by atoms with E-state index in [1.165, 1.54) is 0 Å². The molecular weight excluding hydrogens is 242 g/mol. The fourth-order valence-electron chi connectivity index (χ4n) is 2.44. The molecule has 5 heteroatoms. The molecule has 19 heavy (non-hydrogen) atoms. The van der Waals surface area contributed by atoms with Crippen molar-refractivity contribution in [2.45, 2.75) is 32.3 Å². The second kappa shape index (κ2) is 5.65. The molecule has 0 amide bonds. The van der Waals surface area contributed by atoms with Gasteiger partial charge in [0.25, 0.3) is 0 Å². The first kappa shape index (κ1) is 13.9. The number of aromatic nitrogens is 1. The molecule has 1 aliphatic rings. The van der Waals surface area contributed by atoms with Crippen molar-refractivity contribution in [1.29, 1.82) is 0 Å². The zero-order valence-electron chi connectivity index (χ0n) is 12.0. The number of hydrogen-bond acceptors (Lipinski definition) is 5. The lowest BCUT2D eigenvalue weighted by Crippen LogP contribution is -2.47. The molecule has 5 nitrogen and oxygen atoms in total. The highest BCUT2D eigenvalue weighted by Gasteiger charge is 2.31. The maximum absolute atomic E-state index is 5.85. The average Bonchev–Trinajstić information content (AvgIpc) is 2.41. The van der Waals surface area contributed by atoms with Crippen LogP contribution in [0.25, 0.3) is 0 Å². The van der Waals surface area contributed by atoms with Gasteiger partial charge in [-0.25, -0.2) is 0 Å². The number of pyridine rings is 1. The predicted molar refractivity (Wildman–Crippen MR) is 76.7 cm³/mol. The van der Waals surface area contributed by atoms with Crippen molar-refractivity contribution in [1.82, 2.24) is 4.98 Å². The zero-order chi connectivity index (χ0) is 13.9. The van der Waals surface area contributed by atoms with E-state index in [0.29, 0.717) is 18.2 Å². The van der Waals surface area contributed by atoms with E-state index in [0.717, 1.165) is 31.7 Å². The highest BCUT2D eigenvalue weighted by Crippen LogP contribution is 2.29. The average molecular weight is 265 g/mol. The Morgan fingerprint density at radius 2 is 2.26 bits per heavy atom. The fourth-order valence-corrected chi connectivity index (χ4v) is 2.44. The molecule has 1 atom stereocenters. The Morgan fingerprint density at radius 1 is 1.47 bits per heavy atom. The van der Waals surface area contributed by atoms with Crippen LogP contribution in [0, 0.1) is 0 Å². The Hall–Kier alpha value is -1.49. The van der Waals surface area contributed by atoms with Crippen molar-refractivity contribution in [3.8, 4) is 5.88 Å². The second-order valence-corrected chi connectivity index (χ2v) is 5.18. The van der Waals surface area contributed by atoms with Crippen LogP contribution >= 0.6 is 0 Å². The van der Waals surface area contributed by atoms with Crippen LogP contribution in [0.1, 0.15) is 26.7 Å². The van der Waals surface area contributed by atoms with E-state index in [-0.39, 0.29) is 5.60 Å². The molecule has 0 aliphatic carbocycles. The van der Waals surface area contributed by atoms with E-state index >= 15 is 0 Å². The van der Waals surface area contributed by atoms with Crippen LogP contribution in [0.3, 0.4) is 0 Å². The Bertz CT molecular complexity index is 439. The quantitative estimate of drug-likeness (QED) is 0.903. The molecule has 1 aromatic rings. The monoisotopic (exact) mass is 265 g/mol. The molecule has 0 bridgehead atoms. The van der Waals surface area contributed by atoms with E-state index in [2.05, 4.69) is 16.8 Å². The zero-order valence-corrected chi connectivity index (χ0v) is 12.0. The molecule has 0 spiro atoms. The summed E-state index contributed by atoms with van der Waals surface area (Å²) in [6, 6.07) is 3.80. The summed E-state index contributed by atoms with van der Waals surface area (Å²) in [6.45, 7) is 6.46. The van der Waals surface area contributed by atoms with Crippen LogP contribution in [0.2, 0.25) is 0 Å². The van der Waals surface area contributed by atoms with Gasteiger partial charge < -0.3 is 20.1 Å². The van der Waals surface area contributed by atoms with Gasteiger partial charge in [-0.15, -0.1) is 0 Å². The van der Waals surface area contributed by atoms with Gasteiger partial charge in [-0.3, -0.25) is 0 Å². The first-order valence-electron chi connectivity index (χ1n) is 6.77. The van der Waals surface area contributed by atoms with E-state index < -0.39 is 0 Å². The van der Waals surface area contributed by atoms with Crippen LogP contribution in [-0.2, 0) is 4.74 Å². The van der Waals surface area contributed by atoms with Gasteiger partial charge in [-0.1, -0.05) is 0 Å². The number of nitrogens with zero attached hydrogens (tertiary/aromatic N) is 2. The molecule has 0 radical (unpaired) electrons. The summed E-state index contributed by atoms with van der Waals surface area (Å²) in [5.74, 6) is 1.42. The molecule has 1 aliphatic heterocycles. The van der Waals surface area contributed by atoms with Gasteiger partial charge in [-0.05, 0) is 38.8 Å². The summed E-state index contributed by atoms with van der Waals surface area (Å²) in [7, 11) is 1.77. The third-order valence-electron chi connectivity index (χ3n) is 3.63. The SMILES string of the molecule is CCOc1nc(N2CCCC(C)(OC)C2)ccc1N. The maximum Gasteiger partial charge on any atom is 0.239 e. The minimum absolute atomic E-state index is 0.104. The largest absolute Gasteiger partial charge is 0.476 e. The highest BCUT2D eigenvalue weighted by atomic mass is 16.5. The van der Waals surface area contributed by atoms with Crippen molar-refractivity contribution in [2.24, 2.45) is 0 Å². The molecule has 0 saturated carbocycles. The molecule has 1 aromatic heterocycles. The van der Waals surface area contributed by atoms with Crippen LogP contribution < -0.4 is 15.4 Å². The van der Waals surface area contributed by atoms with Crippen molar-refractivity contribution < 1.29 is 9.47 Å². The molecular formula is C14H23N3O2. The lowest BCUT2D eigenvalue weighted by molar-refractivity contribution is -0.00483. The van der Waals surface area contributed by atoms with Crippen LogP contribution in [0.5, 0.6) is 5.88 Å². The summed E-state index contributed by atoms with van der Waals surface area (Å²) in [5, 5.41) is 0. The number of anilines is 2. The van der Waals surface area contributed by atoms with Crippen molar-refractivity contribution >= 4 is 11.5 Å². The van der Waals surface area contributed by atoms with Crippen LogP contribution in [0.4, 0.5) is 11.5 Å². The first-order valence-corrected chi connectivity index (χ1v) is 6.77. The fraction of sp³-hybridized carbons (Fsp3) is 0.643. The molecule has 0 aromatic carbocycles. The van der Waals surface area contributed by atoms with Crippen molar-refractivity contribution in [2.75, 3.05) is 37.4 Å². The smallest absolute Gasteiger partial charge is 0.239 e. The molecule has 2 heterocycles. The number of ether oxygens (including phenoxy) is 2. The Labute approximate surface area is 114 Å². The molecule has 106 valence electrons. The van der Waals surface area contributed by atoms with E-state index in [1.54, 1.807) is 7.11 Å². The van der Waals surface area contributed by atoms with Crippen LogP contribution in [0.15, 0.2) is 12.1 Å². The number of methoxy groups -OCH3 is 1. The van der Waals surface area contributed by atoms with Gasteiger partial charge in [-0.2, -0.15) is 4.98 Å². The number of nitrogens with two attached hydrogens (primary N) is 1. The molecule has 2 rings (SSSR count). The van der Waals surface area contributed by atoms with Crippen molar-refractivity contribution in [3.05, 3.63) is 12.1 Å². The van der Waals surface area contributed by atoms with Gasteiger partial charge in [0, 0.05) is 20.2 Å². The van der Waals surface area contributed by atoms with Gasteiger partial charge in [0.2, 0.25) is 5.88 Å². The Morgan fingerprint density at radius 3 is 2.95 bits per heavy atom. The standard InChI is InChI=1S/C14H23N3O2/c1-4-19-13-11(15)6-7-12(16-13)17-9-5-8-14(2,10-17)18-3/h6-7H,4-5,8-10,15H2,1-3H3. The third kappa shape index (κ3) is 3.10. The number of nitrogen functional groups attached to an aromatic ring is 1. The van der Waals surface area contributed by atoms with Gasteiger partial charge >= 0.3 is 0 Å². The lowest BCUT2D eigenvalue weighted by atomic mass is 9.95. The summed E-state index contributed by atoms with van der Waals surface area (Å²) in [5.41, 5.74) is 6.33. The number of piperidine rings is 1. The van der Waals surface area contributed by atoms with E-state index in [4.69, 9.17) is 15.2 Å². The summed E-state index contributed by atoms with van der Waals surface area (Å²) in [6.07, 6.45) is 2.17. The number of hydrogen-bond donors (Lipinski definition) is 1. The Kier molecular flexibility index (Phi) is 4.14. The first-order chi connectivity index (χ1) is 9.08. The van der Waals surface area contributed by atoms with Gasteiger partial charge in [0.15, 0.2) is 0 Å². The summed E-state index contributed by atoms with van der Waals surface area (Å²) in [4.78, 5) is 6.74. The lowest BCUT2D eigenvalue weighted by Gasteiger charge is -2.40. The minimum Gasteiger partial charge on any atom is -0.476 e. The number of rotatable bonds is 4. The summed E-state index contributed by atoms with van der Waals surface area (Å²) < 4.78 is 11.1. The molecule has 1 unspecified atom stereocenters. The van der Waals surface area contributed by atoms with E-state index in [1.807, 2.05) is 19.1 Å². The Balaban J connectivity index is 2.19. The van der Waals surface area contributed by atoms with E-state index in [9.17, 15) is 0 Å². The normalized spacial score (nSPS) is 23.4. The molecule has 2 N–H and O–H groups in total. The topological polar surface area (TPSA) is 60.6 Å². The highest BCUT2D eigenvalue weighted by molar-refractivity contribution is 5.54. The maximum atomic E-state index is 5.85. The van der Waals surface area contributed by atoms with Gasteiger partial charge in [0.05, 0.1) is 17.9 Å². The van der Waals surface area contributed by atoms with Crippen molar-refractivity contribution in [3.63, 3.8) is 0 Å². The third-order valence-corrected chi connectivity index (χ3v) is 3.63. The second-order valence-electron chi connectivity index (χ2n) is 5.18. The predicted octanol–water partition coefficient (Wildman–Crippen LogP) is 2.07. The minimum atomic E-state index is -0.104. The van der Waals surface area contributed by atoms with Gasteiger partial charge in [0.1, 0.15) is 5.82 Å².